The molecule has 1 aliphatic carbocycles. The summed E-state index contributed by atoms with van der Waals surface area (Å²) in [6.07, 6.45) is 8.89. The summed E-state index contributed by atoms with van der Waals surface area (Å²) in [6.45, 7) is 5.45. The van der Waals surface area contributed by atoms with E-state index in [1.54, 1.807) is 6.20 Å². The number of nitrogens with one attached hydrogen (secondary N) is 3. The van der Waals surface area contributed by atoms with Gasteiger partial charge in [-0.1, -0.05) is 25.7 Å². The van der Waals surface area contributed by atoms with Crippen LogP contribution in [0.1, 0.15) is 38.5 Å². The van der Waals surface area contributed by atoms with Crippen LogP contribution >= 0.6 is 0 Å². The second-order valence-corrected chi connectivity index (χ2v) is 6.37. The molecule has 1 saturated heterocycles. The molecule has 2 rings (SSSR count). The lowest BCUT2D eigenvalue weighted by molar-refractivity contribution is -0.117. The normalized spacial score (nSPS) is 21.3. The molecule has 0 aromatic heterocycles. The molecule has 0 spiro atoms. The van der Waals surface area contributed by atoms with E-state index in [9.17, 15) is 10.1 Å². The Hall–Kier alpha value is -1.58. The molecule has 0 atom stereocenters. The zero-order valence-electron chi connectivity index (χ0n) is 13.9. The highest BCUT2D eigenvalue weighted by atomic mass is 16.1. The summed E-state index contributed by atoms with van der Waals surface area (Å²) >= 11 is 0. The summed E-state index contributed by atoms with van der Waals surface area (Å²) in [4.78, 5) is 14.4. The van der Waals surface area contributed by atoms with Crippen molar-refractivity contribution in [2.24, 2.45) is 0 Å². The molecule has 23 heavy (non-hydrogen) atoms. The van der Waals surface area contributed by atoms with Crippen molar-refractivity contribution >= 4 is 5.91 Å². The molecular weight excluding hydrogens is 290 g/mol. The molecule has 2 aliphatic rings. The molecule has 128 valence electrons. The van der Waals surface area contributed by atoms with E-state index in [1.807, 2.05) is 6.07 Å². The standard InChI is InChI=1S/C17H29N5O/c18-13-15(14-21-16-5-3-1-2-4-6-16)17(23)20-9-12-22-10-7-19-8-11-22/h14,16,19,21H,1-12H2,(H,20,23)/b15-14-. The first-order valence-electron chi connectivity index (χ1n) is 8.87. The summed E-state index contributed by atoms with van der Waals surface area (Å²) in [5, 5.41) is 18.6. The first-order valence-corrected chi connectivity index (χ1v) is 8.87. The number of amides is 1. The Morgan fingerprint density at radius 2 is 1.91 bits per heavy atom. The summed E-state index contributed by atoms with van der Waals surface area (Å²) in [5.41, 5.74) is 0.176. The van der Waals surface area contributed by atoms with E-state index < -0.39 is 0 Å². The van der Waals surface area contributed by atoms with Gasteiger partial charge < -0.3 is 16.0 Å². The summed E-state index contributed by atoms with van der Waals surface area (Å²) < 4.78 is 0. The van der Waals surface area contributed by atoms with Crippen LogP contribution in [0.25, 0.3) is 0 Å². The first kappa shape index (κ1) is 17.8. The van der Waals surface area contributed by atoms with Crippen LogP contribution in [0.15, 0.2) is 11.8 Å². The van der Waals surface area contributed by atoms with E-state index in [-0.39, 0.29) is 11.5 Å². The Morgan fingerprint density at radius 3 is 2.57 bits per heavy atom. The summed E-state index contributed by atoms with van der Waals surface area (Å²) in [6, 6.07) is 2.41. The van der Waals surface area contributed by atoms with E-state index in [1.165, 1.54) is 25.7 Å². The predicted molar refractivity (Wildman–Crippen MR) is 90.6 cm³/mol. The number of rotatable bonds is 6. The van der Waals surface area contributed by atoms with E-state index in [0.29, 0.717) is 12.6 Å². The third-order valence-corrected chi connectivity index (χ3v) is 4.61. The molecule has 0 aromatic carbocycles. The third kappa shape index (κ3) is 6.59. The Labute approximate surface area is 139 Å². The van der Waals surface area contributed by atoms with Gasteiger partial charge in [-0.15, -0.1) is 0 Å². The van der Waals surface area contributed by atoms with Crippen molar-refractivity contribution in [3.05, 3.63) is 11.8 Å². The lowest BCUT2D eigenvalue weighted by Crippen LogP contribution is -2.46. The number of carbonyl (C=O) groups excluding carboxylic acids is 1. The van der Waals surface area contributed by atoms with Gasteiger partial charge in [0.2, 0.25) is 0 Å². The quantitative estimate of drug-likeness (QED) is 0.382. The largest absolute Gasteiger partial charge is 0.387 e. The average molecular weight is 319 g/mol. The van der Waals surface area contributed by atoms with Gasteiger partial charge in [0.25, 0.3) is 5.91 Å². The van der Waals surface area contributed by atoms with Crippen molar-refractivity contribution < 1.29 is 4.79 Å². The van der Waals surface area contributed by atoms with Crippen LogP contribution in [0.3, 0.4) is 0 Å². The molecule has 1 heterocycles. The fraction of sp³-hybridized carbons (Fsp3) is 0.765. The molecule has 6 nitrogen and oxygen atoms in total. The highest BCUT2D eigenvalue weighted by molar-refractivity contribution is 5.97. The molecular formula is C17H29N5O. The number of hydrogen-bond donors (Lipinski definition) is 3. The Bertz CT molecular complexity index is 429. The van der Waals surface area contributed by atoms with E-state index in [0.717, 1.165) is 45.6 Å². The number of piperazine rings is 1. The van der Waals surface area contributed by atoms with Crippen LogP contribution in [0, 0.1) is 11.3 Å². The van der Waals surface area contributed by atoms with Gasteiger partial charge in [0.1, 0.15) is 11.6 Å². The SMILES string of the molecule is N#C/C(=C/NC1CCCCCC1)C(=O)NCCN1CCNCC1. The minimum absolute atomic E-state index is 0.176. The van der Waals surface area contributed by atoms with Crippen LogP contribution in [-0.2, 0) is 4.79 Å². The van der Waals surface area contributed by atoms with Crippen molar-refractivity contribution in [3.63, 3.8) is 0 Å². The maximum Gasteiger partial charge on any atom is 0.263 e. The van der Waals surface area contributed by atoms with Crippen LogP contribution < -0.4 is 16.0 Å². The fourth-order valence-electron chi connectivity index (χ4n) is 3.15. The first-order chi connectivity index (χ1) is 11.3. The number of nitriles is 1. The fourth-order valence-corrected chi connectivity index (χ4v) is 3.15. The van der Waals surface area contributed by atoms with Gasteiger partial charge in [-0.2, -0.15) is 5.26 Å². The zero-order valence-corrected chi connectivity index (χ0v) is 13.9. The van der Waals surface area contributed by atoms with Gasteiger partial charge in [0, 0.05) is 51.5 Å². The lowest BCUT2D eigenvalue weighted by Gasteiger charge is -2.27. The van der Waals surface area contributed by atoms with Gasteiger partial charge in [-0.3, -0.25) is 9.69 Å². The Morgan fingerprint density at radius 1 is 1.22 bits per heavy atom. The minimum Gasteiger partial charge on any atom is -0.387 e. The van der Waals surface area contributed by atoms with E-state index >= 15 is 0 Å². The van der Waals surface area contributed by atoms with Crippen LogP contribution in [0.5, 0.6) is 0 Å². The van der Waals surface area contributed by atoms with Gasteiger partial charge in [-0.25, -0.2) is 0 Å². The highest BCUT2D eigenvalue weighted by Gasteiger charge is 2.14. The smallest absolute Gasteiger partial charge is 0.263 e. The summed E-state index contributed by atoms with van der Waals surface area (Å²) in [5.74, 6) is -0.274. The number of hydrogen-bond acceptors (Lipinski definition) is 5. The molecule has 0 radical (unpaired) electrons. The maximum atomic E-state index is 12.1. The van der Waals surface area contributed by atoms with Crippen LogP contribution in [0.2, 0.25) is 0 Å². The molecule has 0 aromatic rings. The van der Waals surface area contributed by atoms with Crippen molar-refractivity contribution in [2.45, 2.75) is 44.6 Å². The minimum atomic E-state index is -0.274. The molecule has 1 amide bonds. The van der Waals surface area contributed by atoms with Crippen LogP contribution in [-0.4, -0.2) is 56.1 Å². The van der Waals surface area contributed by atoms with Crippen molar-refractivity contribution in [1.82, 2.24) is 20.9 Å². The second kappa shape index (κ2) is 10.2. The monoisotopic (exact) mass is 319 g/mol. The van der Waals surface area contributed by atoms with Crippen LogP contribution in [0.4, 0.5) is 0 Å². The molecule has 0 unspecified atom stereocenters. The zero-order chi connectivity index (χ0) is 16.3. The Balaban J connectivity index is 1.71. The predicted octanol–water partition coefficient (Wildman–Crippen LogP) is 0.728. The van der Waals surface area contributed by atoms with Crippen molar-refractivity contribution in [2.75, 3.05) is 39.3 Å². The Kier molecular flexibility index (Phi) is 7.91. The lowest BCUT2D eigenvalue weighted by atomic mass is 10.1. The van der Waals surface area contributed by atoms with Gasteiger partial charge in [-0.05, 0) is 12.8 Å². The van der Waals surface area contributed by atoms with Gasteiger partial charge in [0.05, 0.1) is 0 Å². The third-order valence-electron chi connectivity index (χ3n) is 4.61. The number of carbonyl (C=O) groups is 1. The molecule has 0 bridgehead atoms. The van der Waals surface area contributed by atoms with Crippen molar-refractivity contribution in [3.8, 4) is 6.07 Å². The summed E-state index contributed by atoms with van der Waals surface area (Å²) in [7, 11) is 0. The average Bonchev–Trinajstić information content (AvgIpc) is 2.85. The molecule has 1 aliphatic heterocycles. The van der Waals surface area contributed by atoms with Crippen molar-refractivity contribution in [1.29, 1.82) is 5.26 Å². The van der Waals surface area contributed by atoms with E-state index in [2.05, 4.69) is 20.9 Å². The maximum absolute atomic E-state index is 12.1. The molecule has 2 fully saturated rings. The second-order valence-electron chi connectivity index (χ2n) is 6.37. The van der Waals surface area contributed by atoms with E-state index in [4.69, 9.17) is 0 Å². The molecule has 3 N–H and O–H groups in total. The molecule has 6 heteroatoms. The highest BCUT2D eigenvalue weighted by Crippen LogP contribution is 2.17. The topological polar surface area (TPSA) is 80.2 Å². The molecule has 1 saturated carbocycles. The van der Waals surface area contributed by atoms with Gasteiger partial charge in [0.15, 0.2) is 0 Å². The van der Waals surface area contributed by atoms with Gasteiger partial charge >= 0.3 is 0 Å². The number of nitrogens with zero attached hydrogens (tertiary/aromatic N) is 2.